The Balaban J connectivity index is 2.08. The Morgan fingerprint density at radius 2 is 2.42 bits per heavy atom. The van der Waals surface area contributed by atoms with Crippen molar-refractivity contribution in [2.75, 3.05) is 26.8 Å². The molecule has 0 spiro atoms. The first-order valence-corrected chi connectivity index (χ1v) is 6.84. The van der Waals surface area contributed by atoms with Crippen molar-refractivity contribution in [3.63, 3.8) is 0 Å². The van der Waals surface area contributed by atoms with Crippen molar-refractivity contribution in [1.29, 1.82) is 0 Å². The lowest BCUT2D eigenvalue weighted by Gasteiger charge is -2.32. The summed E-state index contributed by atoms with van der Waals surface area (Å²) in [6.45, 7) is 2.91. The molecular weight excluding hydrogens is 284 g/mol. The van der Waals surface area contributed by atoms with Crippen LogP contribution in [0.25, 0.3) is 0 Å². The number of hydrogen-bond donors (Lipinski definition) is 1. The van der Waals surface area contributed by atoms with Gasteiger partial charge in [0.15, 0.2) is 0 Å². The second-order valence-electron chi connectivity index (χ2n) is 4.45. The van der Waals surface area contributed by atoms with E-state index in [-0.39, 0.29) is 6.10 Å². The van der Waals surface area contributed by atoms with Gasteiger partial charge in [0, 0.05) is 30.2 Å². The molecule has 1 saturated heterocycles. The molecule has 1 aliphatic rings. The van der Waals surface area contributed by atoms with Gasteiger partial charge in [-0.3, -0.25) is 4.90 Å². The van der Waals surface area contributed by atoms with Crippen LogP contribution in [0.4, 0.5) is 0 Å². The number of methoxy groups -OCH3 is 1. The number of nitrogens with two attached hydrogens (primary N) is 1. The predicted molar refractivity (Wildman–Crippen MR) is 79.8 cm³/mol. The molecule has 1 fully saturated rings. The van der Waals surface area contributed by atoms with Gasteiger partial charge in [0.1, 0.15) is 16.8 Å². The summed E-state index contributed by atoms with van der Waals surface area (Å²) in [7, 11) is 1.66. The number of hydrogen-bond acceptors (Lipinski definition) is 4. The first-order chi connectivity index (χ1) is 9.10. The first kappa shape index (κ1) is 14.5. The molecule has 0 amide bonds. The summed E-state index contributed by atoms with van der Waals surface area (Å²) in [6.07, 6.45) is -0.172. The molecule has 4 nitrogen and oxygen atoms in total. The minimum atomic E-state index is -0.172. The molecule has 0 aliphatic carbocycles. The Bertz CT molecular complexity index is 470. The standard InChI is InChI=1S/C13H17ClN2O2S/c1-17-11-3-2-10(14)6-9(11)7-16-4-5-18-12(8-16)13(15)19/h2-3,6,12H,4-5,7-8H2,1H3,(H2,15,19). The van der Waals surface area contributed by atoms with Crippen molar-refractivity contribution in [3.05, 3.63) is 28.8 Å². The molecule has 104 valence electrons. The smallest absolute Gasteiger partial charge is 0.123 e. The van der Waals surface area contributed by atoms with E-state index in [1.807, 2.05) is 18.2 Å². The molecule has 1 heterocycles. The molecule has 6 heteroatoms. The SMILES string of the molecule is COc1ccc(Cl)cc1CN1CCOC(C(N)=S)C1. The van der Waals surface area contributed by atoms with E-state index < -0.39 is 0 Å². The second-order valence-corrected chi connectivity index (χ2v) is 5.36. The monoisotopic (exact) mass is 300 g/mol. The highest BCUT2D eigenvalue weighted by molar-refractivity contribution is 7.80. The second kappa shape index (κ2) is 6.52. The van der Waals surface area contributed by atoms with Gasteiger partial charge < -0.3 is 15.2 Å². The lowest BCUT2D eigenvalue weighted by molar-refractivity contribution is 0.00367. The van der Waals surface area contributed by atoms with Crippen molar-refractivity contribution in [2.45, 2.75) is 12.6 Å². The average Bonchev–Trinajstić information content (AvgIpc) is 2.39. The number of morpholine rings is 1. The van der Waals surface area contributed by atoms with Crippen molar-refractivity contribution in [1.82, 2.24) is 4.90 Å². The van der Waals surface area contributed by atoms with E-state index in [9.17, 15) is 0 Å². The van der Waals surface area contributed by atoms with Gasteiger partial charge in [0.05, 0.1) is 13.7 Å². The third-order valence-electron chi connectivity index (χ3n) is 3.10. The molecule has 2 N–H and O–H groups in total. The Labute approximate surface area is 123 Å². The molecule has 0 saturated carbocycles. The predicted octanol–water partition coefficient (Wildman–Crippen LogP) is 1.84. The molecule has 0 aromatic heterocycles. The maximum absolute atomic E-state index is 6.03. The Morgan fingerprint density at radius 3 is 3.11 bits per heavy atom. The van der Waals surface area contributed by atoms with Gasteiger partial charge in [-0.1, -0.05) is 23.8 Å². The van der Waals surface area contributed by atoms with E-state index in [1.165, 1.54) is 0 Å². The van der Waals surface area contributed by atoms with Crippen LogP contribution in [0.3, 0.4) is 0 Å². The molecule has 0 bridgehead atoms. The fraction of sp³-hybridized carbons (Fsp3) is 0.462. The van der Waals surface area contributed by atoms with E-state index in [2.05, 4.69) is 4.90 Å². The quantitative estimate of drug-likeness (QED) is 0.860. The van der Waals surface area contributed by atoms with Crippen molar-refractivity contribution in [3.8, 4) is 5.75 Å². The molecule has 1 atom stereocenters. The summed E-state index contributed by atoms with van der Waals surface area (Å²) in [5, 5.41) is 0.704. The topological polar surface area (TPSA) is 47.7 Å². The lowest BCUT2D eigenvalue weighted by atomic mass is 10.1. The normalized spacial score (nSPS) is 20.2. The van der Waals surface area contributed by atoms with Crippen LogP contribution < -0.4 is 10.5 Å². The van der Waals surface area contributed by atoms with Crippen LogP contribution in [-0.2, 0) is 11.3 Å². The van der Waals surface area contributed by atoms with Crippen LogP contribution in [0.5, 0.6) is 5.75 Å². The van der Waals surface area contributed by atoms with Crippen LogP contribution in [0.15, 0.2) is 18.2 Å². The van der Waals surface area contributed by atoms with Crippen LogP contribution >= 0.6 is 23.8 Å². The molecule has 2 rings (SSSR count). The zero-order valence-corrected chi connectivity index (χ0v) is 12.3. The van der Waals surface area contributed by atoms with E-state index in [0.29, 0.717) is 23.2 Å². The number of rotatable bonds is 4. The van der Waals surface area contributed by atoms with E-state index in [4.69, 9.17) is 39.0 Å². The van der Waals surface area contributed by atoms with Crippen molar-refractivity contribution >= 4 is 28.8 Å². The van der Waals surface area contributed by atoms with Gasteiger partial charge in [-0.15, -0.1) is 0 Å². The zero-order valence-electron chi connectivity index (χ0n) is 10.8. The minimum Gasteiger partial charge on any atom is -0.496 e. The highest BCUT2D eigenvalue weighted by Gasteiger charge is 2.23. The Morgan fingerprint density at radius 1 is 1.63 bits per heavy atom. The molecule has 1 aromatic rings. The summed E-state index contributed by atoms with van der Waals surface area (Å²) in [6, 6.07) is 5.62. The van der Waals surface area contributed by atoms with Crippen LogP contribution in [0, 0.1) is 0 Å². The molecular formula is C13H17ClN2O2S. The maximum atomic E-state index is 6.03. The number of nitrogens with zero attached hydrogens (tertiary/aromatic N) is 1. The molecule has 1 unspecified atom stereocenters. The van der Waals surface area contributed by atoms with Crippen LogP contribution in [0.1, 0.15) is 5.56 Å². The van der Waals surface area contributed by atoms with Crippen molar-refractivity contribution in [2.24, 2.45) is 5.73 Å². The van der Waals surface area contributed by atoms with Crippen LogP contribution in [-0.4, -0.2) is 42.8 Å². The Kier molecular flexibility index (Phi) is 4.99. The van der Waals surface area contributed by atoms with Gasteiger partial charge >= 0.3 is 0 Å². The van der Waals surface area contributed by atoms with E-state index >= 15 is 0 Å². The highest BCUT2D eigenvalue weighted by Crippen LogP contribution is 2.24. The van der Waals surface area contributed by atoms with Crippen molar-refractivity contribution < 1.29 is 9.47 Å². The third-order valence-corrected chi connectivity index (χ3v) is 3.60. The molecule has 1 aliphatic heterocycles. The maximum Gasteiger partial charge on any atom is 0.123 e. The molecule has 19 heavy (non-hydrogen) atoms. The summed E-state index contributed by atoms with van der Waals surface area (Å²) >= 11 is 11.0. The summed E-state index contributed by atoms with van der Waals surface area (Å²) in [5.41, 5.74) is 6.69. The average molecular weight is 301 g/mol. The Hall–Kier alpha value is -0.880. The van der Waals surface area contributed by atoms with E-state index in [1.54, 1.807) is 7.11 Å². The third kappa shape index (κ3) is 3.79. The van der Waals surface area contributed by atoms with Gasteiger partial charge in [-0.25, -0.2) is 0 Å². The number of halogens is 1. The number of ether oxygens (including phenoxy) is 2. The van der Waals surface area contributed by atoms with Crippen LogP contribution in [0.2, 0.25) is 5.02 Å². The summed E-state index contributed by atoms with van der Waals surface area (Å²) < 4.78 is 10.9. The minimum absolute atomic E-state index is 0.172. The van der Waals surface area contributed by atoms with Gasteiger partial charge in [-0.05, 0) is 18.2 Å². The summed E-state index contributed by atoms with van der Waals surface area (Å²) in [5.74, 6) is 0.836. The summed E-state index contributed by atoms with van der Waals surface area (Å²) in [4.78, 5) is 2.64. The van der Waals surface area contributed by atoms with Gasteiger partial charge in [0.2, 0.25) is 0 Å². The van der Waals surface area contributed by atoms with Gasteiger partial charge in [-0.2, -0.15) is 0 Å². The fourth-order valence-electron chi connectivity index (χ4n) is 2.13. The highest BCUT2D eigenvalue weighted by atomic mass is 35.5. The fourth-order valence-corrected chi connectivity index (χ4v) is 2.47. The first-order valence-electron chi connectivity index (χ1n) is 6.06. The number of benzene rings is 1. The van der Waals surface area contributed by atoms with E-state index in [0.717, 1.165) is 24.4 Å². The zero-order chi connectivity index (χ0) is 13.8. The lowest BCUT2D eigenvalue weighted by Crippen LogP contribution is -2.47. The molecule has 0 radical (unpaired) electrons. The van der Waals surface area contributed by atoms with Gasteiger partial charge in [0.25, 0.3) is 0 Å². The molecule has 1 aromatic carbocycles. The largest absolute Gasteiger partial charge is 0.496 e. The number of thiocarbonyl (C=S) groups is 1.